The molecule has 0 unspecified atom stereocenters. The molecule has 1 aromatic heterocycles. The summed E-state index contributed by atoms with van der Waals surface area (Å²) in [6.45, 7) is 2.09. The van der Waals surface area contributed by atoms with E-state index in [1.54, 1.807) is 0 Å². The molecule has 126 valence electrons. The van der Waals surface area contributed by atoms with Gasteiger partial charge in [0.2, 0.25) is 0 Å². The van der Waals surface area contributed by atoms with E-state index in [4.69, 9.17) is 10.2 Å². The highest BCUT2D eigenvalue weighted by Gasteiger charge is 2.12. The lowest BCUT2D eigenvalue weighted by Crippen LogP contribution is -2.24. The maximum Gasteiger partial charge on any atom is 0.102 e. The van der Waals surface area contributed by atoms with Crippen molar-refractivity contribution in [2.75, 3.05) is 13.1 Å². The van der Waals surface area contributed by atoms with Crippen molar-refractivity contribution in [1.82, 2.24) is 14.8 Å². The minimum Gasteiger partial charge on any atom is -0.297 e. The predicted octanol–water partition coefficient (Wildman–Crippen LogP) is 4.36. The molecule has 1 saturated heterocycles. The molecule has 0 bridgehead atoms. The number of aromatic nitrogens is 2. The van der Waals surface area contributed by atoms with Crippen LogP contribution in [0.1, 0.15) is 24.8 Å². The Morgan fingerprint density at radius 1 is 0.840 bits per heavy atom. The number of nitrogens with zero attached hydrogens (tertiary/aromatic N) is 4. The van der Waals surface area contributed by atoms with Gasteiger partial charge < -0.3 is 0 Å². The van der Waals surface area contributed by atoms with Gasteiger partial charge in [-0.1, -0.05) is 48.5 Å². The van der Waals surface area contributed by atoms with E-state index in [0.29, 0.717) is 0 Å². The summed E-state index contributed by atoms with van der Waals surface area (Å²) < 4.78 is 1.93. The van der Waals surface area contributed by atoms with Crippen LogP contribution in [0.4, 0.5) is 0 Å². The lowest BCUT2D eigenvalue weighted by Gasteiger charge is -2.23. The Balaban J connectivity index is 1.70. The second kappa shape index (κ2) is 7.34. The molecule has 1 aliphatic rings. The second-order valence-electron chi connectivity index (χ2n) is 6.34. The number of rotatable bonds is 4. The summed E-state index contributed by atoms with van der Waals surface area (Å²) >= 11 is 0. The van der Waals surface area contributed by atoms with Crippen LogP contribution >= 0.6 is 0 Å². The average Bonchev–Trinajstić information content (AvgIpc) is 3.13. The maximum atomic E-state index is 4.82. The molecule has 4 heteroatoms. The van der Waals surface area contributed by atoms with Crippen LogP contribution in [0.2, 0.25) is 0 Å². The molecule has 0 atom stereocenters. The van der Waals surface area contributed by atoms with E-state index >= 15 is 0 Å². The number of hydrogen-bond donors (Lipinski definition) is 0. The summed E-state index contributed by atoms with van der Waals surface area (Å²) in [5.74, 6) is 0. The van der Waals surface area contributed by atoms with Crippen LogP contribution < -0.4 is 0 Å². The van der Waals surface area contributed by atoms with Gasteiger partial charge in [0, 0.05) is 30.4 Å². The lowest BCUT2D eigenvalue weighted by atomic mass is 10.1. The Labute approximate surface area is 148 Å². The minimum atomic E-state index is 0.963. The van der Waals surface area contributed by atoms with Crippen molar-refractivity contribution in [3.8, 4) is 16.9 Å². The van der Waals surface area contributed by atoms with Gasteiger partial charge in [-0.25, -0.2) is 4.68 Å². The SMILES string of the molecule is C(=N/N1CCCCC1)/c1cn(-c2ccccc2)nc1-c1ccccc1. The standard InChI is InChI=1S/C21H22N4/c1-4-10-18(11-5-1)21-19(16-22-24-14-8-3-9-15-24)17-25(23-21)20-12-6-2-7-13-20/h1-2,4-7,10-13,16-17H,3,8-9,14-15H2/b22-16-. The van der Waals surface area contributed by atoms with E-state index in [1.807, 2.05) is 47.3 Å². The molecular weight excluding hydrogens is 308 g/mol. The normalized spacial score (nSPS) is 15.0. The fourth-order valence-corrected chi connectivity index (χ4v) is 3.15. The number of benzene rings is 2. The van der Waals surface area contributed by atoms with E-state index in [1.165, 1.54) is 19.3 Å². The number of hydrogen-bond acceptors (Lipinski definition) is 3. The van der Waals surface area contributed by atoms with Crippen LogP contribution in [0.25, 0.3) is 16.9 Å². The van der Waals surface area contributed by atoms with Gasteiger partial charge in [-0.15, -0.1) is 0 Å². The Morgan fingerprint density at radius 3 is 2.24 bits per heavy atom. The molecule has 0 aliphatic carbocycles. The smallest absolute Gasteiger partial charge is 0.102 e. The van der Waals surface area contributed by atoms with E-state index in [-0.39, 0.29) is 0 Å². The summed E-state index contributed by atoms with van der Waals surface area (Å²) in [5, 5.41) is 11.7. The third-order valence-electron chi connectivity index (χ3n) is 4.50. The van der Waals surface area contributed by atoms with Gasteiger partial charge in [-0.05, 0) is 31.4 Å². The van der Waals surface area contributed by atoms with Crippen molar-refractivity contribution in [1.29, 1.82) is 0 Å². The first-order chi connectivity index (χ1) is 12.4. The summed E-state index contributed by atoms with van der Waals surface area (Å²) in [7, 11) is 0. The molecule has 0 spiro atoms. The zero-order valence-corrected chi connectivity index (χ0v) is 14.3. The van der Waals surface area contributed by atoms with Crippen LogP contribution in [0.5, 0.6) is 0 Å². The zero-order chi connectivity index (χ0) is 16.9. The Morgan fingerprint density at radius 2 is 1.52 bits per heavy atom. The van der Waals surface area contributed by atoms with Crippen molar-refractivity contribution >= 4 is 6.21 Å². The first-order valence-corrected chi connectivity index (χ1v) is 8.89. The van der Waals surface area contributed by atoms with E-state index < -0.39 is 0 Å². The van der Waals surface area contributed by atoms with Gasteiger partial charge in [0.1, 0.15) is 5.69 Å². The molecule has 4 nitrogen and oxygen atoms in total. The topological polar surface area (TPSA) is 33.4 Å². The summed E-state index contributed by atoms with van der Waals surface area (Å²) in [4.78, 5) is 0. The molecule has 2 heterocycles. The van der Waals surface area contributed by atoms with Crippen LogP contribution in [0, 0.1) is 0 Å². The molecule has 25 heavy (non-hydrogen) atoms. The van der Waals surface area contributed by atoms with Crippen molar-refractivity contribution < 1.29 is 0 Å². The molecule has 0 amide bonds. The fourth-order valence-electron chi connectivity index (χ4n) is 3.15. The summed E-state index contributed by atoms with van der Waals surface area (Å²) in [5.41, 5.74) is 4.17. The Bertz CT molecular complexity index is 831. The molecule has 3 aromatic rings. The second-order valence-corrected chi connectivity index (χ2v) is 6.34. The summed E-state index contributed by atoms with van der Waals surface area (Å²) in [6.07, 6.45) is 7.79. The number of piperidine rings is 1. The first kappa shape index (κ1) is 15.6. The van der Waals surface area contributed by atoms with Crippen LogP contribution in [0.3, 0.4) is 0 Å². The molecular formula is C21H22N4. The third-order valence-corrected chi connectivity index (χ3v) is 4.50. The van der Waals surface area contributed by atoms with E-state index in [9.17, 15) is 0 Å². The summed E-state index contributed by atoms with van der Waals surface area (Å²) in [6, 6.07) is 20.5. The highest BCUT2D eigenvalue weighted by atomic mass is 15.4. The maximum absolute atomic E-state index is 4.82. The average molecular weight is 330 g/mol. The van der Waals surface area contributed by atoms with Gasteiger partial charge in [-0.3, -0.25) is 5.01 Å². The Kier molecular flexibility index (Phi) is 4.59. The quantitative estimate of drug-likeness (QED) is 0.666. The largest absolute Gasteiger partial charge is 0.297 e. The van der Waals surface area contributed by atoms with Crippen molar-refractivity contribution in [3.63, 3.8) is 0 Å². The number of para-hydroxylation sites is 1. The first-order valence-electron chi connectivity index (χ1n) is 8.89. The van der Waals surface area contributed by atoms with Crippen molar-refractivity contribution in [2.45, 2.75) is 19.3 Å². The molecule has 1 fully saturated rings. The molecule has 1 aliphatic heterocycles. The number of hydrazone groups is 1. The molecule has 0 N–H and O–H groups in total. The highest BCUT2D eigenvalue weighted by Crippen LogP contribution is 2.22. The van der Waals surface area contributed by atoms with Gasteiger partial charge in [0.15, 0.2) is 0 Å². The lowest BCUT2D eigenvalue weighted by molar-refractivity contribution is 0.240. The van der Waals surface area contributed by atoms with Crippen LogP contribution in [0.15, 0.2) is 72.0 Å². The van der Waals surface area contributed by atoms with Gasteiger partial charge in [0.05, 0.1) is 11.9 Å². The monoisotopic (exact) mass is 330 g/mol. The van der Waals surface area contributed by atoms with E-state index in [0.717, 1.165) is 35.6 Å². The predicted molar refractivity (Wildman–Crippen MR) is 102 cm³/mol. The molecule has 0 radical (unpaired) electrons. The minimum absolute atomic E-state index is 0.963. The molecule has 0 saturated carbocycles. The van der Waals surface area contributed by atoms with Crippen molar-refractivity contribution in [2.24, 2.45) is 5.10 Å². The fraction of sp³-hybridized carbons (Fsp3) is 0.238. The van der Waals surface area contributed by atoms with Crippen molar-refractivity contribution in [3.05, 3.63) is 72.4 Å². The third kappa shape index (κ3) is 3.63. The van der Waals surface area contributed by atoms with Crippen LogP contribution in [-0.2, 0) is 0 Å². The van der Waals surface area contributed by atoms with E-state index in [2.05, 4.69) is 35.5 Å². The molecule has 2 aromatic carbocycles. The zero-order valence-electron chi connectivity index (χ0n) is 14.3. The van der Waals surface area contributed by atoms with Gasteiger partial charge in [0.25, 0.3) is 0 Å². The van der Waals surface area contributed by atoms with Crippen LogP contribution in [-0.4, -0.2) is 34.1 Å². The van der Waals surface area contributed by atoms with Gasteiger partial charge >= 0.3 is 0 Å². The highest BCUT2D eigenvalue weighted by molar-refractivity contribution is 5.88. The van der Waals surface area contributed by atoms with Gasteiger partial charge in [-0.2, -0.15) is 10.2 Å². The Hall–Kier alpha value is -2.88. The molecule has 4 rings (SSSR count).